The number of nitrogens with zero attached hydrogens (tertiary/aromatic N) is 1. The zero-order chi connectivity index (χ0) is 19.9. The summed E-state index contributed by atoms with van der Waals surface area (Å²) in [6, 6.07) is 5.65. The van der Waals surface area contributed by atoms with Crippen molar-refractivity contribution < 1.29 is 14.4 Å². The first-order valence-electron chi connectivity index (χ1n) is 9.01. The van der Waals surface area contributed by atoms with E-state index in [0.29, 0.717) is 11.8 Å². The molecule has 0 radical (unpaired) electrons. The molecule has 2 aliphatic carbocycles. The highest BCUT2D eigenvalue weighted by Crippen LogP contribution is 2.59. The third-order valence-electron chi connectivity index (χ3n) is 7.04. The molecule has 140 valence electrons. The van der Waals surface area contributed by atoms with Crippen LogP contribution in [0, 0.1) is 11.3 Å². The summed E-state index contributed by atoms with van der Waals surface area (Å²) in [6.07, 6.45) is 4.19. The quantitative estimate of drug-likeness (QED) is 0.318. The number of allylic oxidation sites excluding steroid dienone is 1. The van der Waals surface area contributed by atoms with Gasteiger partial charge in [-0.05, 0) is 24.1 Å². The number of fused-ring (bicyclic) bond motifs is 3. The van der Waals surface area contributed by atoms with E-state index >= 15 is 0 Å². The standard InChI is InChI=1S/C22H22BrNO3/c1-6-21(4)19(27)17(23)16-18(26)22(21,11-25)12-8-7-9-14-15(12)13(10-24(14)5)20(16,2)3/h6-11,16-17H,1H2,2-5H3/t16-,17-,21+,22-/m0/s1. The molecule has 2 aliphatic rings. The minimum Gasteiger partial charge on any atom is -0.350 e. The number of aromatic nitrogens is 1. The lowest BCUT2D eigenvalue weighted by Crippen LogP contribution is -2.66. The number of hydrogen-bond donors (Lipinski definition) is 0. The van der Waals surface area contributed by atoms with E-state index in [9.17, 15) is 14.4 Å². The summed E-state index contributed by atoms with van der Waals surface area (Å²) in [6.45, 7) is 9.49. The van der Waals surface area contributed by atoms with Gasteiger partial charge in [0.05, 0.1) is 10.2 Å². The second-order valence-electron chi connectivity index (χ2n) is 8.52. The van der Waals surface area contributed by atoms with Crippen LogP contribution >= 0.6 is 15.9 Å². The molecule has 4 nitrogen and oxygen atoms in total. The molecule has 1 aromatic carbocycles. The van der Waals surface area contributed by atoms with Crippen LogP contribution in [0.4, 0.5) is 0 Å². The molecule has 0 saturated heterocycles. The second-order valence-corrected chi connectivity index (χ2v) is 9.50. The molecule has 0 spiro atoms. The van der Waals surface area contributed by atoms with Gasteiger partial charge >= 0.3 is 0 Å². The molecule has 1 saturated carbocycles. The van der Waals surface area contributed by atoms with Gasteiger partial charge in [0.1, 0.15) is 11.7 Å². The Balaban J connectivity index is 2.31. The Morgan fingerprint density at radius 1 is 1.15 bits per heavy atom. The van der Waals surface area contributed by atoms with Gasteiger partial charge in [0.15, 0.2) is 11.6 Å². The average molecular weight is 428 g/mol. The van der Waals surface area contributed by atoms with Gasteiger partial charge in [0.25, 0.3) is 0 Å². The molecule has 0 aliphatic heterocycles. The topological polar surface area (TPSA) is 56.1 Å². The Morgan fingerprint density at radius 3 is 2.41 bits per heavy atom. The lowest BCUT2D eigenvalue weighted by molar-refractivity contribution is -0.152. The predicted molar refractivity (Wildman–Crippen MR) is 108 cm³/mol. The molecule has 4 rings (SSSR count). The molecule has 5 heteroatoms. The van der Waals surface area contributed by atoms with Crippen molar-refractivity contribution >= 4 is 44.7 Å². The number of ketones is 2. The summed E-state index contributed by atoms with van der Waals surface area (Å²) in [4.78, 5) is 39.4. The first-order chi connectivity index (χ1) is 12.6. The number of Topliss-reactive ketones (excluding diaryl/α,β-unsaturated/α-hetero) is 2. The van der Waals surface area contributed by atoms with E-state index in [-0.39, 0.29) is 11.6 Å². The first-order valence-corrected chi connectivity index (χ1v) is 9.92. The highest BCUT2D eigenvalue weighted by molar-refractivity contribution is 9.10. The molecule has 1 aromatic heterocycles. The van der Waals surface area contributed by atoms with Crippen LogP contribution in [0.15, 0.2) is 37.1 Å². The van der Waals surface area contributed by atoms with Gasteiger partial charge in [-0.15, -0.1) is 6.58 Å². The highest BCUT2D eigenvalue weighted by Gasteiger charge is 2.69. The van der Waals surface area contributed by atoms with Crippen molar-refractivity contribution in [2.75, 3.05) is 0 Å². The van der Waals surface area contributed by atoms with Crippen LogP contribution < -0.4 is 0 Å². The summed E-state index contributed by atoms with van der Waals surface area (Å²) in [5.74, 6) is -1.03. The van der Waals surface area contributed by atoms with E-state index in [4.69, 9.17) is 0 Å². The number of halogens is 1. The maximum Gasteiger partial charge on any atom is 0.158 e. The summed E-state index contributed by atoms with van der Waals surface area (Å²) in [5.41, 5.74) is -0.974. The van der Waals surface area contributed by atoms with E-state index in [1.807, 2.05) is 49.9 Å². The largest absolute Gasteiger partial charge is 0.350 e. The Hall–Kier alpha value is -2.01. The number of aldehydes is 1. The molecule has 0 unspecified atom stereocenters. The van der Waals surface area contributed by atoms with Crippen LogP contribution in [0.3, 0.4) is 0 Å². The van der Waals surface area contributed by atoms with Crippen LogP contribution in [0.5, 0.6) is 0 Å². The Kier molecular flexibility index (Phi) is 3.59. The van der Waals surface area contributed by atoms with E-state index < -0.39 is 27.0 Å². The summed E-state index contributed by atoms with van der Waals surface area (Å²) in [5, 5.41) is 0.899. The number of benzene rings is 1. The monoisotopic (exact) mass is 427 g/mol. The first kappa shape index (κ1) is 18.4. The SMILES string of the molecule is C=C[C@]1(C)C(=O)[C@@H](Br)[C@H]2C(=O)[C@]1(C=O)c1cccc3c1c(cn3C)C2(C)C. The van der Waals surface area contributed by atoms with Crippen molar-refractivity contribution in [2.24, 2.45) is 18.4 Å². The molecule has 1 fully saturated rings. The number of alkyl halides is 1. The smallest absolute Gasteiger partial charge is 0.158 e. The lowest BCUT2D eigenvalue weighted by Gasteiger charge is -2.50. The van der Waals surface area contributed by atoms with Crippen LogP contribution in [-0.2, 0) is 32.3 Å². The molecule has 0 N–H and O–H groups in total. The Labute approximate surface area is 166 Å². The molecule has 0 amide bonds. The number of aryl methyl sites for hydroxylation is 1. The van der Waals surface area contributed by atoms with Gasteiger partial charge in [-0.3, -0.25) is 9.59 Å². The fourth-order valence-electron chi connectivity index (χ4n) is 5.31. The van der Waals surface area contributed by atoms with Crippen LogP contribution in [0.1, 0.15) is 31.9 Å². The minimum atomic E-state index is -1.58. The van der Waals surface area contributed by atoms with Crippen molar-refractivity contribution in [3.63, 3.8) is 0 Å². The molecular weight excluding hydrogens is 406 g/mol. The fraction of sp³-hybridized carbons (Fsp3) is 0.409. The summed E-state index contributed by atoms with van der Waals surface area (Å²) in [7, 11) is 1.96. The predicted octanol–water partition coefficient (Wildman–Crippen LogP) is 3.63. The van der Waals surface area contributed by atoms with Crippen LogP contribution in [0.25, 0.3) is 10.9 Å². The molecule has 27 heavy (non-hydrogen) atoms. The number of carbonyl (C=O) groups is 3. The zero-order valence-corrected chi connectivity index (χ0v) is 17.5. The van der Waals surface area contributed by atoms with Gasteiger partial charge in [0, 0.05) is 35.5 Å². The van der Waals surface area contributed by atoms with Crippen LogP contribution in [-0.4, -0.2) is 27.2 Å². The van der Waals surface area contributed by atoms with Crippen LogP contribution in [0.2, 0.25) is 0 Å². The fourth-order valence-corrected chi connectivity index (χ4v) is 6.68. The third-order valence-corrected chi connectivity index (χ3v) is 7.99. The normalized spacial score (nSPS) is 34.4. The van der Waals surface area contributed by atoms with Gasteiger partial charge in [-0.2, -0.15) is 0 Å². The van der Waals surface area contributed by atoms with Gasteiger partial charge < -0.3 is 9.36 Å². The molecule has 4 atom stereocenters. The number of carbonyl (C=O) groups excluding carboxylic acids is 3. The highest BCUT2D eigenvalue weighted by atomic mass is 79.9. The Bertz CT molecular complexity index is 1050. The van der Waals surface area contributed by atoms with Crippen molar-refractivity contribution in [2.45, 2.75) is 36.4 Å². The third kappa shape index (κ3) is 1.77. The number of hydrogen-bond acceptors (Lipinski definition) is 3. The van der Waals surface area contributed by atoms with E-state index in [1.165, 1.54) is 6.08 Å². The maximum absolute atomic E-state index is 13.9. The summed E-state index contributed by atoms with van der Waals surface area (Å²) >= 11 is 3.52. The Morgan fingerprint density at radius 2 is 1.81 bits per heavy atom. The maximum atomic E-state index is 13.9. The summed E-state index contributed by atoms with van der Waals surface area (Å²) < 4.78 is 2.02. The van der Waals surface area contributed by atoms with E-state index in [1.54, 1.807) is 6.92 Å². The number of rotatable bonds is 2. The minimum absolute atomic E-state index is 0.172. The zero-order valence-electron chi connectivity index (χ0n) is 15.9. The lowest BCUT2D eigenvalue weighted by atomic mass is 9.49. The van der Waals surface area contributed by atoms with E-state index in [0.717, 1.165) is 16.5 Å². The average Bonchev–Trinajstić information content (AvgIpc) is 2.96. The van der Waals surface area contributed by atoms with Gasteiger partial charge in [0.2, 0.25) is 0 Å². The molecule has 2 bridgehead atoms. The van der Waals surface area contributed by atoms with Crippen molar-refractivity contribution in [3.05, 3.63) is 48.2 Å². The van der Waals surface area contributed by atoms with Gasteiger partial charge in [-0.1, -0.05) is 48.0 Å². The molecule has 2 aromatic rings. The van der Waals surface area contributed by atoms with Crippen molar-refractivity contribution in [1.82, 2.24) is 4.57 Å². The van der Waals surface area contributed by atoms with E-state index in [2.05, 4.69) is 22.5 Å². The van der Waals surface area contributed by atoms with Gasteiger partial charge in [-0.25, -0.2) is 0 Å². The molecule has 1 heterocycles. The van der Waals surface area contributed by atoms with Crippen molar-refractivity contribution in [1.29, 1.82) is 0 Å². The molecular formula is C22H22BrNO3. The second kappa shape index (κ2) is 5.28. The van der Waals surface area contributed by atoms with Crippen molar-refractivity contribution in [3.8, 4) is 0 Å².